The first-order valence-corrected chi connectivity index (χ1v) is 7.77. The maximum atomic E-state index is 6.37. The number of aromatic nitrogens is 2. The fraction of sp³-hybridized carbons (Fsp3) is 0.471. The molecule has 21 heavy (non-hydrogen) atoms. The Kier molecular flexibility index (Phi) is 5.43. The van der Waals surface area contributed by atoms with E-state index in [0.29, 0.717) is 5.92 Å². The van der Waals surface area contributed by atoms with Crippen LogP contribution in [0.3, 0.4) is 0 Å². The molecule has 114 valence electrons. The van der Waals surface area contributed by atoms with Crippen LogP contribution in [0.15, 0.2) is 24.3 Å². The molecule has 0 aliphatic rings. The smallest absolute Gasteiger partial charge is 0.130 e. The Morgan fingerprint density at radius 1 is 1.24 bits per heavy atom. The minimum absolute atomic E-state index is 0.511. The standard InChI is InChI=1S/C17H24ClN3/c1-12-7-5-6-8-15(12)9-14(11-19-3)10-16-13(2)20-21(4)17(16)18/h5-8,14,19H,9-11H2,1-4H3. The third-order valence-corrected chi connectivity index (χ3v) is 4.50. The van der Waals surface area contributed by atoms with Gasteiger partial charge in [0, 0.05) is 12.6 Å². The van der Waals surface area contributed by atoms with Crippen molar-refractivity contribution in [1.82, 2.24) is 15.1 Å². The lowest BCUT2D eigenvalue weighted by Crippen LogP contribution is -2.23. The molecule has 1 unspecified atom stereocenters. The predicted octanol–water partition coefficient (Wildman–Crippen LogP) is 3.31. The van der Waals surface area contributed by atoms with Crippen molar-refractivity contribution in [2.45, 2.75) is 26.7 Å². The average Bonchev–Trinajstić information content (AvgIpc) is 2.68. The minimum Gasteiger partial charge on any atom is -0.319 e. The van der Waals surface area contributed by atoms with Crippen molar-refractivity contribution in [2.24, 2.45) is 13.0 Å². The van der Waals surface area contributed by atoms with Crippen LogP contribution in [0.5, 0.6) is 0 Å². The van der Waals surface area contributed by atoms with Gasteiger partial charge in [0.2, 0.25) is 0 Å². The molecule has 0 radical (unpaired) electrons. The molecule has 0 aliphatic carbocycles. The zero-order valence-electron chi connectivity index (χ0n) is 13.3. The summed E-state index contributed by atoms with van der Waals surface area (Å²) in [6.45, 7) is 5.18. The number of aryl methyl sites for hydroxylation is 3. The van der Waals surface area contributed by atoms with Crippen LogP contribution in [0.1, 0.15) is 22.4 Å². The van der Waals surface area contributed by atoms with Crippen molar-refractivity contribution in [3.05, 3.63) is 51.8 Å². The van der Waals surface area contributed by atoms with Gasteiger partial charge in [-0.25, -0.2) is 0 Å². The average molecular weight is 306 g/mol. The molecule has 0 spiro atoms. The molecule has 4 heteroatoms. The summed E-state index contributed by atoms with van der Waals surface area (Å²) >= 11 is 6.37. The number of rotatable bonds is 6. The molecule has 1 aromatic heterocycles. The van der Waals surface area contributed by atoms with E-state index in [4.69, 9.17) is 11.6 Å². The third-order valence-electron chi connectivity index (χ3n) is 4.03. The number of halogens is 1. The van der Waals surface area contributed by atoms with Crippen LogP contribution >= 0.6 is 11.6 Å². The van der Waals surface area contributed by atoms with Crippen LogP contribution < -0.4 is 5.32 Å². The van der Waals surface area contributed by atoms with E-state index in [2.05, 4.69) is 41.6 Å². The van der Waals surface area contributed by atoms with E-state index in [-0.39, 0.29) is 0 Å². The number of hydrogen-bond acceptors (Lipinski definition) is 2. The fourth-order valence-electron chi connectivity index (χ4n) is 2.85. The maximum absolute atomic E-state index is 6.37. The van der Waals surface area contributed by atoms with Crippen molar-refractivity contribution in [1.29, 1.82) is 0 Å². The van der Waals surface area contributed by atoms with E-state index >= 15 is 0 Å². The van der Waals surface area contributed by atoms with Gasteiger partial charge in [-0.2, -0.15) is 5.10 Å². The Labute approximate surface area is 132 Å². The van der Waals surface area contributed by atoms with Gasteiger partial charge in [0.05, 0.1) is 5.69 Å². The Morgan fingerprint density at radius 3 is 2.52 bits per heavy atom. The molecule has 0 bridgehead atoms. The highest BCUT2D eigenvalue weighted by molar-refractivity contribution is 6.30. The van der Waals surface area contributed by atoms with Crippen LogP contribution in [0.2, 0.25) is 5.15 Å². The summed E-state index contributed by atoms with van der Waals surface area (Å²) in [5, 5.41) is 8.48. The lowest BCUT2D eigenvalue weighted by Gasteiger charge is -2.18. The molecule has 0 saturated carbocycles. The summed E-state index contributed by atoms with van der Waals surface area (Å²) in [5.74, 6) is 0.511. The van der Waals surface area contributed by atoms with Crippen LogP contribution in [0.25, 0.3) is 0 Å². The number of nitrogens with zero attached hydrogens (tertiary/aromatic N) is 2. The molecule has 2 rings (SSSR count). The van der Waals surface area contributed by atoms with Gasteiger partial charge < -0.3 is 5.32 Å². The first-order chi connectivity index (χ1) is 10.0. The molecule has 1 heterocycles. The van der Waals surface area contributed by atoms with Crippen molar-refractivity contribution in [3.8, 4) is 0 Å². The molecule has 0 saturated heterocycles. The largest absolute Gasteiger partial charge is 0.319 e. The number of nitrogens with one attached hydrogen (secondary N) is 1. The van der Waals surface area contributed by atoms with E-state index in [1.165, 1.54) is 16.7 Å². The predicted molar refractivity (Wildman–Crippen MR) is 89.0 cm³/mol. The molecule has 1 N–H and O–H groups in total. The summed E-state index contributed by atoms with van der Waals surface area (Å²) in [6.07, 6.45) is 2.01. The van der Waals surface area contributed by atoms with Gasteiger partial charge in [0.15, 0.2) is 0 Å². The molecule has 0 fully saturated rings. The monoisotopic (exact) mass is 305 g/mol. The van der Waals surface area contributed by atoms with E-state index in [0.717, 1.165) is 30.2 Å². The molecular formula is C17H24ClN3. The summed E-state index contributed by atoms with van der Waals surface area (Å²) in [5.41, 5.74) is 4.98. The normalized spacial score (nSPS) is 12.6. The summed E-state index contributed by atoms with van der Waals surface area (Å²) < 4.78 is 1.76. The van der Waals surface area contributed by atoms with Gasteiger partial charge in [0.25, 0.3) is 0 Å². The van der Waals surface area contributed by atoms with E-state index in [9.17, 15) is 0 Å². The number of benzene rings is 1. The summed E-state index contributed by atoms with van der Waals surface area (Å²) in [4.78, 5) is 0. The Hall–Kier alpha value is -1.32. The molecule has 0 amide bonds. The maximum Gasteiger partial charge on any atom is 0.130 e. The van der Waals surface area contributed by atoms with Gasteiger partial charge in [-0.05, 0) is 57.3 Å². The van der Waals surface area contributed by atoms with Crippen LogP contribution in [-0.2, 0) is 19.9 Å². The Bertz CT molecular complexity index is 604. The third kappa shape index (κ3) is 3.86. The molecule has 1 atom stereocenters. The highest BCUT2D eigenvalue weighted by Crippen LogP contribution is 2.24. The van der Waals surface area contributed by atoms with Gasteiger partial charge in [-0.1, -0.05) is 35.9 Å². The second-order valence-corrected chi connectivity index (χ2v) is 6.09. The highest BCUT2D eigenvalue weighted by atomic mass is 35.5. The van der Waals surface area contributed by atoms with E-state index in [1.54, 1.807) is 4.68 Å². The van der Waals surface area contributed by atoms with Crippen molar-refractivity contribution < 1.29 is 0 Å². The summed E-state index contributed by atoms with van der Waals surface area (Å²) in [7, 11) is 3.90. The lowest BCUT2D eigenvalue weighted by molar-refractivity contribution is 0.491. The van der Waals surface area contributed by atoms with Crippen molar-refractivity contribution in [2.75, 3.05) is 13.6 Å². The summed E-state index contributed by atoms with van der Waals surface area (Å²) in [6, 6.07) is 8.60. The van der Waals surface area contributed by atoms with Gasteiger partial charge in [0.1, 0.15) is 5.15 Å². The van der Waals surface area contributed by atoms with E-state index in [1.807, 2.05) is 21.0 Å². The zero-order valence-corrected chi connectivity index (χ0v) is 14.0. The Morgan fingerprint density at radius 2 is 1.95 bits per heavy atom. The lowest BCUT2D eigenvalue weighted by atomic mass is 9.91. The Balaban J connectivity index is 2.18. The minimum atomic E-state index is 0.511. The first kappa shape index (κ1) is 16.1. The van der Waals surface area contributed by atoms with Crippen LogP contribution in [-0.4, -0.2) is 23.4 Å². The highest BCUT2D eigenvalue weighted by Gasteiger charge is 2.17. The van der Waals surface area contributed by atoms with E-state index < -0.39 is 0 Å². The first-order valence-electron chi connectivity index (χ1n) is 7.40. The second kappa shape index (κ2) is 7.10. The molecular weight excluding hydrogens is 282 g/mol. The SMILES string of the molecule is CNCC(Cc1ccccc1C)Cc1c(C)nn(C)c1Cl. The second-order valence-electron chi connectivity index (χ2n) is 5.74. The molecule has 2 aromatic rings. The quantitative estimate of drug-likeness (QED) is 0.887. The van der Waals surface area contributed by atoms with Crippen molar-refractivity contribution in [3.63, 3.8) is 0 Å². The number of hydrogen-bond donors (Lipinski definition) is 1. The van der Waals surface area contributed by atoms with Crippen LogP contribution in [0, 0.1) is 19.8 Å². The van der Waals surface area contributed by atoms with Crippen molar-refractivity contribution >= 4 is 11.6 Å². The molecule has 3 nitrogen and oxygen atoms in total. The van der Waals surface area contributed by atoms with Gasteiger partial charge >= 0.3 is 0 Å². The topological polar surface area (TPSA) is 29.9 Å². The van der Waals surface area contributed by atoms with Crippen LogP contribution in [0.4, 0.5) is 0 Å². The molecule has 0 aliphatic heterocycles. The van der Waals surface area contributed by atoms with Gasteiger partial charge in [-0.3, -0.25) is 4.68 Å². The zero-order chi connectivity index (χ0) is 15.4. The molecule has 1 aromatic carbocycles. The fourth-order valence-corrected chi connectivity index (χ4v) is 3.10. The van der Waals surface area contributed by atoms with Gasteiger partial charge in [-0.15, -0.1) is 0 Å².